The monoisotopic (exact) mass is 283 g/mol. The predicted octanol–water partition coefficient (Wildman–Crippen LogP) is 3.37. The quantitative estimate of drug-likeness (QED) is 0.589. The van der Waals surface area contributed by atoms with Crippen LogP contribution >= 0.6 is 11.8 Å². The maximum atomic E-state index is 10.9. The van der Waals surface area contributed by atoms with E-state index < -0.39 is 0 Å². The average molecular weight is 283 g/mol. The summed E-state index contributed by atoms with van der Waals surface area (Å²) in [5.41, 5.74) is 4.54. The Bertz CT molecular complexity index is 734. The zero-order valence-electron chi connectivity index (χ0n) is 11.0. The molecule has 100 valence electrons. The molecule has 0 saturated heterocycles. The molecule has 0 bridgehead atoms. The van der Waals surface area contributed by atoms with Gasteiger partial charge >= 0.3 is 0 Å². The first-order valence-electron chi connectivity index (χ1n) is 6.25. The van der Waals surface area contributed by atoms with Crippen LogP contribution in [-0.4, -0.2) is 21.2 Å². The Morgan fingerprint density at radius 1 is 1.30 bits per heavy atom. The molecule has 0 aliphatic rings. The highest BCUT2D eigenvalue weighted by atomic mass is 32.2. The number of nitrogens with zero attached hydrogens (tertiary/aromatic N) is 2. The minimum Gasteiger partial charge on any atom is -0.333 e. The number of rotatable bonds is 4. The molecule has 0 aliphatic carbocycles. The van der Waals surface area contributed by atoms with Crippen molar-refractivity contribution < 1.29 is 4.79 Å². The van der Waals surface area contributed by atoms with Crippen LogP contribution in [0.2, 0.25) is 0 Å². The van der Waals surface area contributed by atoms with Crippen LogP contribution in [0.3, 0.4) is 0 Å². The van der Waals surface area contributed by atoms with Crippen molar-refractivity contribution in [2.45, 2.75) is 17.8 Å². The van der Waals surface area contributed by atoms with Crippen LogP contribution in [0.25, 0.3) is 11.0 Å². The number of nitrogens with one attached hydrogen (secondary N) is 1. The Morgan fingerprint density at radius 3 is 2.95 bits per heavy atom. The zero-order valence-corrected chi connectivity index (χ0v) is 11.8. The minimum absolute atomic E-state index is 0.688. The number of carbonyl (C=O) groups is 1. The third kappa shape index (κ3) is 2.44. The lowest BCUT2D eigenvalue weighted by Crippen LogP contribution is -1.96. The minimum atomic E-state index is 0.688. The van der Waals surface area contributed by atoms with Crippen LogP contribution in [0.1, 0.15) is 21.6 Å². The molecule has 0 aliphatic heterocycles. The highest BCUT2D eigenvalue weighted by Crippen LogP contribution is 2.24. The Morgan fingerprint density at radius 2 is 2.15 bits per heavy atom. The van der Waals surface area contributed by atoms with Crippen molar-refractivity contribution in [1.29, 1.82) is 0 Å². The van der Waals surface area contributed by atoms with Crippen molar-refractivity contribution in [1.82, 2.24) is 15.0 Å². The van der Waals surface area contributed by atoms with E-state index in [0.29, 0.717) is 11.3 Å². The first-order chi connectivity index (χ1) is 9.78. The predicted molar refractivity (Wildman–Crippen MR) is 80.0 cm³/mol. The number of aromatic nitrogens is 3. The number of aldehydes is 1. The number of imidazole rings is 1. The van der Waals surface area contributed by atoms with Crippen molar-refractivity contribution in [3.8, 4) is 0 Å². The topological polar surface area (TPSA) is 58.6 Å². The molecule has 0 unspecified atom stereocenters. The molecule has 3 aromatic rings. The first kappa shape index (κ1) is 12.9. The van der Waals surface area contributed by atoms with Gasteiger partial charge < -0.3 is 4.98 Å². The number of para-hydroxylation sites is 2. The van der Waals surface area contributed by atoms with E-state index in [4.69, 9.17) is 0 Å². The molecule has 2 aromatic heterocycles. The molecule has 0 saturated carbocycles. The second-order valence-corrected chi connectivity index (χ2v) is 5.40. The lowest BCUT2D eigenvalue weighted by Gasteiger charge is -2.04. The maximum absolute atomic E-state index is 10.9. The Balaban J connectivity index is 1.81. The normalized spacial score (nSPS) is 10.8. The fraction of sp³-hybridized carbons (Fsp3) is 0.133. The first-order valence-corrected chi connectivity index (χ1v) is 7.23. The molecule has 0 amide bonds. The molecular weight excluding hydrogens is 270 g/mol. The van der Waals surface area contributed by atoms with E-state index in [9.17, 15) is 4.79 Å². The Labute approximate surface area is 120 Å². The average Bonchev–Trinajstić information content (AvgIpc) is 2.89. The summed E-state index contributed by atoms with van der Waals surface area (Å²) in [5.74, 6) is 0.688. The number of aromatic amines is 1. The molecule has 0 radical (unpaired) electrons. The number of thioether (sulfide) groups is 1. The largest absolute Gasteiger partial charge is 0.333 e. The van der Waals surface area contributed by atoms with Gasteiger partial charge in [-0.1, -0.05) is 23.9 Å². The van der Waals surface area contributed by atoms with Crippen LogP contribution in [0, 0.1) is 6.92 Å². The van der Waals surface area contributed by atoms with Crippen molar-refractivity contribution in [3.05, 3.63) is 53.3 Å². The van der Waals surface area contributed by atoms with Gasteiger partial charge in [0.15, 0.2) is 5.16 Å². The molecule has 0 atom stereocenters. The maximum Gasteiger partial charge on any atom is 0.166 e. The van der Waals surface area contributed by atoms with E-state index in [1.807, 2.05) is 31.2 Å². The van der Waals surface area contributed by atoms with Crippen molar-refractivity contribution in [3.63, 3.8) is 0 Å². The summed E-state index contributed by atoms with van der Waals surface area (Å²) >= 11 is 1.59. The van der Waals surface area contributed by atoms with E-state index in [1.165, 1.54) is 0 Å². The molecule has 4 nitrogen and oxygen atoms in total. The number of H-pyrrole nitrogens is 1. The highest BCUT2D eigenvalue weighted by Gasteiger charge is 2.07. The van der Waals surface area contributed by atoms with Crippen LogP contribution in [0.15, 0.2) is 41.7 Å². The van der Waals surface area contributed by atoms with Gasteiger partial charge in [0.05, 0.1) is 16.7 Å². The van der Waals surface area contributed by atoms with Gasteiger partial charge in [-0.05, 0) is 30.7 Å². The summed E-state index contributed by atoms with van der Waals surface area (Å²) in [7, 11) is 0. The number of benzene rings is 1. The molecule has 2 heterocycles. The van der Waals surface area contributed by atoms with Gasteiger partial charge in [0.25, 0.3) is 0 Å². The van der Waals surface area contributed by atoms with Gasteiger partial charge in [-0.15, -0.1) is 0 Å². The van der Waals surface area contributed by atoms with Crippen molar-refractivity contribution >= 4 is 29.1 Å². The summed E-state index contributed by atoms with van der Waals surface area (Å²) in [6, 6.07) is 9.66. The van der Waals surface area contributed by atoms with Gasteiger partial charge in [-0.25, -0.2) is 4.98 Å². The van der Waals surface area contributed by atoms with Crippen molar-refractivity contribution in [2.24, 2.45) is 0 Å². The summed E-state index contributed by atoms with van der Waals surface area (Å²) in [6.45, 7) is 1.92. The molecule has 20 heavy (non-hydrogen) atoms. The molecule has 0 spiro atoms. The second-order valence-electron chi connectivity index (χ2n) is 4.44. The van der Waals surface area contributed by atoms with E-state index in [0.717, 1.165) is 33.7 Å². The van der Waals surface area contributed by atoms with Gasteiger partial charge in [-0.2, -0.15) is 0 Å². The SMILES string of the molecule is Cc1c(C=O)ccnc1CSc1nc2ccccc2[nH]1. The van der Waals surface area contributed by atoms with Gasteiger partial charge in [0, 0.05) is 17.5 Å². The number of carbonyl (C=O) groups excluding carboxylic acids is 1. The molecule has 5 heteroatoms. The second kappa shape index (κ2) is 5.46. The van der Waals surface area contributed by atoms with Crippen LogP contribution in [0.5, 0.6) is 0 Å². The van der Waals surface area contributed by atoms with Gasteiger partial charge in [0.1, 0.15) is 6.29 Å². The molecule has 1 aromatic carbocycles. The third-order valence-corrected chi connectivity index (χ3v) is 4.08. The van der Waals surface area contributed by atoms with E-state index >= 15 is 0 Å². The highest BCUT2D eigenvalue weighted by molar-refractivity contribution is 7.98. The van der Waals surface area contributed by atoms with E-state index in [-0.39, 0.29) is 0 Å². The van der Waals surface area contributed by atoms with Gasteiger partial charge in [0.2, 0.25) is 0 Å². The zero-order chi connectivity index (χ0) is 13.9. The van der Waals surface area contributed by atoms with E-state index in [1.54, 1.807) is 24.0 Å². The van der Waals surface area contributed by atoms with Crippen molar-refractivity contribution in [2.75, 3.05) is 0 Å². The lowest BCUT2D eigenvalue weighted by molar-refractivity contribution is 0.112. The Kier molecular flexibility index (Phi) is 3.52. The lowest BCUT2D eigenvalue weighted by atomic mass is 10.1. The summed E-state index contributed by atoms with van der Waals surface area (Å²) < 4.78 is 0. The van der Waals surface area contributed by atoms with E-state index in [2.05, 4.69) is 15.0 Å². The fourth-order valence-corrected chi connectivity index (χ4v) is 2.91. The molecule has 0 fully saturated rings. The fourth-order valence-electron chi connectivity index (χ4n) is 2.00. The number of fused-ring (bicyclic) bond motifs is 1. The molecule has 3 rings (SSSR count). The summed E-state index contributed by atoms with van der Waals surface area (Å²) in [6.07, 6.45) is 2.54. The number of pyridine rings is 1. The van der Waals surface area contributed by atoms with Crippen LogP contribution in [-0.2, 0) is 5.75 Å². The summed E-state index contributed by atoms with van der Waals surface area (Å²) in [4.78, 5) is 23.0. The Hall–Kier alpha value is -2.14. The van der Waals surface area contributed by atoms with Gasteiger partial charge in [-0.3, -0.25) is 9.78 Å². The van der Waals surface area contributed by atoms with Crippen LogP contribution in [0.4, 0.5) is 0 Å². The summed E-state index contributed by atoms with van der Waals surface area (Å²) in [5, 5.41) is 0.865. The third-order valence-electron chi connectivity index (χ3n) is 3.19. The van der Waals surface area contributed by atoms with Crippen LogP contribution < -0.4 is 0 Å². The standard InChI is InChI=1S/C15H13N3OS/c1-10-11(8-19)6-7-16-14(10)9-20-15-17-12-4-2-3-5-13(12)18-15/h2-8H,9H2,1H3,(H,17,18). The smallest absolute Gasteiger partial charge is 0.166 e. The molecular formula is C15H13N3OS. The number of hydrogen-bond donors (Lipinski definition) is 1. The number of hydrogen-bond acceptors (Lipinski definition) is 4. The molecule has 1 N–H and O–H groups in total.